The first kappa shape index (κ1) is 15.2. The lowest BCUT2D eigenvalue weighted by Crippen LogP contribution is -2.43. The third kappa shape index (κ3) is 7.51. The molecule has 0 saturated carbocycles. The van der Waals surface area contributed by atoms with E-state index in [4.69, 9.17) is 0 Å². The third-order valence-corrected chi connectivity index (χ3v) is 2.40. The Balaban J connectivity index is 3.92. The van der Waals surface area contributed by atoms with E-state index in [1.807, 2.05) is 19.0 Å². The van der Waals surface area contributed by atoms with E-state index in [0.717, 1.165) is 45.4 Å². The van der Waals surface area contributed by atoms with Crippen LogP contribution >= 0.6 is 0 Å². The first-order valence-electron chi connectivity index (χ1n) is 6.29. The summed E-state index contributed by atoms with van der Waals surface area (Å²) in [5.74, 6) is 0. The van der Waals surface area contributed by atoms with Crippen LogP contribution in [0.4, 0.5) is 4.79 Å². The van der Waals surface area contributed by atoms with Crippen molar-refractivity contribution in [1.29, 1.82) is 0 Å². The molecule has 0 saturated heterocycles. The molecule has 0 atom stereocenters. The molecule has 0 radical (unpaired) electrons. The van der Waals surface area contributed by atoms with E-state index < -0.39 is 0 Å². The maximum Gasteiger partial charge on any atom is 0.317 e. The zero-order valence-electron chi connectivity index (χ0n) is 11.3. The molecule has 0 aromatic rings. The van der Waals surface area contributed by atoms with Crippen LogP contribution in [-0.4, -0.2) is 56.1 Å². The summed E-state index contributed by atoms with van der Waals surface area (Å²) in [6.07, 6.45) is 3.18. The van der Waals surface area contributed by atoms with E-state index >= 15 is 0 Å². The number of nitrogens with one attached hydrogen (secondary N) is 1. The molecule has 4 heteroatoms. The van der Waals surface area contributed by atoms with E-state index in [1.54, 1.807) is 0 Å². The number of urea groups is 1. The van der Waals surface area contributed by atoms with Crippen molar-refractivity contribution in [3.8, 4) is 0 Å². The molecule has 16 heavy (non-hydrogen) atoms. The molecule has 0 aliphatic carbocycles. The molecule has 0 aliphatic rings. The summed E-state index contributed by atoms with van der Waals surface area (Å²) in [7, 11) is 4.05. The topological polar surface area (TPSA) is 35.6 Å². The predicted molar refractivity (Wildman–Crippen MR) is 68.7 cm³/mol. The van der Waals surface area contributed by atoms with Gasteiger partial charge in [0.05, 0.1) is 0 Å². The van der Waals surface area contributed by atoms with E-state index in [9.17, 15) is 4.79 Å². The second kappa shape index (κ2) is 9.46. The van der Waals surface area contributed by atoms with Crippen LogP contribution in [0.1, 0.15) is 33.1 Å². The maximum atomic E-state index is 11.8. The molecule has 0 heterocycles. The summed E-state index contributed by atoms with van der Waals surface area (Å²) < 4.78 is 0. The molecule has 0 fully saturated rings. The van der Waals surface area contributed by atoms with Crippen LogP contribution in [0, 0.1) is 0 Å². The number of amides is 2. The Bertz CT molecular complexity index is 183. The number of rotatable bonds is 8. The number of likely N-dealkylation sites (N-methyl/N-ethyl adjacent to an activating group) is 1. The molecule has 0 unspecified atom stereocenters. The van der Waals surface area contributed by atoms with E-state index in [1.165, 1.54) is 0 Å². The first-order chi connectivity index (χ1) is 7.61. The van der Waals surface area contributed by atoms with Crippen molar-refractivity contribution >= 4 is 6.03 Å². The highest BCUT2D eigenvalue weighted by atomic mass is 16.2. The number of hydrogen-bond acceptors (Lipinski definition) is 2. The Morgan fingerprint density at radius 2 is 1.75 bits per heavy atom. The zero-order chi connectivity index (χ0) is 12.4. The van der Waals surface area contributed by atoms with Crippen LogP contribution in [-0.2, 0) is 0 Å². The molecule has 0 aromatic heterocycles. The van der Waals surface area contributed by atoms with Gasteiger partial charge in [-0.25, -0.2) is 4.79 Å². The summed E-state index contributed by atoms with van der Waals surface area (Å²) in [5, 5.41) is 2.96. The van der Waals surface area contributed by atoms with Crippen LogP contribution in [0.25, 0.3) is 0 Å². The third-order valence-electron chi connectivity index (χ3n) is 2.40. The Labute approximate surface area is 100.0 Å². The molecule has 0 bridgehead atoms. The lowest BCUT2D eigenvalue weighted by atomic mass is 10.3. The van der Waals surface area contributed by atoms with Crippen molar-refractivity contribution in [2.45, 2.75) is 33.1 Å². The molecule has 2 amide bonds. The molecule has 0 aliphatic heterocycles. The molecule has 0 rings (SSSR count). The van der Waals surface area contributed by atoms with Gasteiger partial charge in [-0.3, -0.25) is 0 Å². The van der Waals surface area contributed by atoms with Gasteiger partial charge in [0.25, 0.3) is 0 Å². The molecular formula is C12H27N3O. The van der Waals surface area contributed by atoms with Crippen molar-refractivity contribution in [2.75, 3.05) is 40.3 Å². The summed E-state index contributed by atoms with van der Waals surface area (Å²) in [4.78, 5) is 15.8. The number of carbonyl (C=O) groups excluding carboxylic acids is 1. The average Bonchev–Trinajstić information content (AvgIpc) is 2.24. The van der Waals surface area contributed by atoms with Crippen molar-refractivity contribution in [3.05, 3.63) is 0 Å². The number of carbonyl (C=O) groups is 1. The zero-order valence-corrected chi connectivity index (χ0v) is 11.3. The fourth-order valence-electron chi connectivity index (χ4n) is 1.39. The van der Waals surface area contributed by atoms with Gasteiger partial charge in [-0.1, -0.05) is 20.3 Å². The van der Waals surface area contributed by atoms with Crippen molar-refractivity contribution in [3.63, 3.8) is 0 Å². The molecule has 96 valence electrons. The standard InChI is InChI=1S/C12H27N3O/c1-5-7-8-13-12(16)15(9-6-2)11-10-14(3)4/h5-11H2,1-4H3,(H,13,16). The maximum absolute atomic E-state index is 11.8. The van der Waals surface area contributed by atoms with Crippen LogP contribution < -0.4 is 5.32 Å². The van der Waals surface area contributed by atoms with Gasteiger partial charge >= 0.3 is 6.03 Å². The SMILES string of the molecule is CCCCNC(=O)N(CCC)CCN(C)C. The Kier molecular flexibility index (Phi) is 9.00. The Hall–Kier alpha value is -0.770. The van der Waals surface area contributed by atoms with Crippen LogP contribution in [0.2, 0.25) is 0 Å². The van der Waals surface area contributed by atoms with Gasteiger partial charge < -0.3 is 15.1 Å². The Morgan fingerprint density at radius 3 is 2.25 bits per heavy atom. The predicted octanol–water partition coefficient (Wildman–Crippen LogP) is 1.77. The minimum Gasteiger partial charge on any atom is -0.338 e. The van der Waals surface area contributed by atoms with Gasteiger partial charge in [-0.2, -0.15) is 0 Å². The molecule has 0 aromatic carbocycles. The minimum absolute atomic E-state index is 0.0807. The summed E-state index contributed by atoms with van der Waals surface area (Å²) >= 11 is 0. The highest BCUT2D eigenvalue weighted by Gasteiger charge is 2.11. The van der Waals surface area contributed by atoms with Gasteiger partial charge in [-0.05, 0) is 26.9 Å². The second-order valence-corrected chi connectivity index (χ2v) is 4.38. The fraction of sp³-hybridized carbons (Fsp3) is 0.917. The second-order valence-electron chi connectivity index (χ2n) is 4.38. The molecule has 1 N–H and O–H groups in total. The van der Waals surface area contributed by atoms with Gasteiger partial charge in [0, 0.05) is 26.2 Å². The van der Waals surface area contributed by atoms with Crippen molar-refractivity contribution < 1.29 is 4.79 Å². The van der Waals surface area contributed by atoms with Crippen LogP contribution in [0.15, 0.2) is 0 Å². The monoisotopic (exact) mass is 229 g/mol. The lowest BCUT2D eigenvalue weighted by molar-refractivity contribution is 0.191. The lowest BCUT2D eigenvalue weighted by Gasteiger charge is -2.24. The van der Waals surface area contributed by atoms with E-state index in [-0.39, 0.29) is 6.03 Å². The first-order valence-corrected chi connectivity index (χ1v) is 6.29. The largest absolute Gasteiger partial charge is 0.338 e. The van der Waals surface area contributed by atoms with Crippen LogP contribution in [0.5, 0.6) is 0 Å². The Morgan fingerprint density at radius 1 is 1.06 bits per heavy atom. The highest BCUT2D eigenvalue weighted by molar-refractivity contribution is 5.74. The van der Waals surface area contributed by atoms with E-state index in [2.05, 4.69) is 24.1 Å². The normalized spacial score (nSPS) is 10.6. The van der Waals surface area contributed by atoms with Crippen molar-refractivity contribution in [1.82, 2.24) is 15.1 Å². The summed E-state index contributed by atoms with van der Waals surface area (Å²) in [5.41, 5.74) is 0. The van der Waals surface area contributed by atoms with Crippen molar-refractivity contribution in [2.24, 2.45) is 0 Å². The quantitative estimate of drug-likeness (QED) is 0.644. The molecular weight excluding hydrogens is 202 g/mol. The van der Waals surface area contributed by atoms with Gasteiger partial charge in [0.15, 0.2) is 0 Å². The van der Waals surface area contributed by atoms with Gasteiger partial charge in [0.2, 0.25) is 0 Å². The molecule has 0 spiro atoms. The van der Waals surface area contributed by atoms with E-state index in [0.29, 0.717) is 0 Å². The molecule has 4 nitrogen and oxygen atoms in total. The minimum atomic E-state index is 0.0807. The van der Waals surface area contributed by atoms with Gasteiger partial charge in [-0.15, -0.1) is 0 Å². The number of hydrogen-bond donors (Lipinski definition) is 1. The smallest absolute Gasteiger partial charge is 0.317 e. The summed E-state index contributed by atoms with van der Waals surface area (Å²) in [6, 6.07) is 0.0807. The fourth-order valence-corrected chi connectivity index (χ4v) is 1.39. The van der Waals surface area contributed by atoms with Crippen LogP contribution in [0.3, 0.4) is 0 Å². The number of nitrogens with zero attached hydrogens (tertiary/aromatic N) is 2. The average molecular weight is 229 g/mol. The summed E-state index contributed by atoms with van der Waals surface area (Å²) in [6.45, 7) is 7.58. The number of unbranched alkanes of at least 4 members (excludes halogenated alkanes) is 1. The van der Waals surface area contributed by atoms with Gasteiger partial charge in [0.1, 0.15) is 0 Å². The highest BCUT2D eigenvalue weighted by Crippen LogP contribution is 1.94.